The summed E-state index contributed by atoms with van der Waals surface area (Å²) >= 11 is 5.20. The number of halogens is 3. The SMILES string of the molecule is O=c1c2[nH]ccc2[nH]c(=S)n1-c1ccc(OCCC(F)(F)F)cc1. The van der Waals surface area contributed by atoms with Crippen LogP contribution in [0, 0.1) is 4.77 Å². The Hall–Kier alpha value is -2.55. The van der Waals surface area contributed by atoms with Crippen LogP contribution in [-0.4, -0.2) is 27.3 Å². The van der Waals surface area contributed by atoms with Crippen molar-refractivity contribution in [1.29, 1.82) is 0 Å². The molecular weight excluding hydrogens is 343 g/mol. The van der Waals surface area contributed by atoms with Gasteiger partial charge in [-0.1, -0.05) is 0 Å². The summed E-state index contributed by atoms with van der Waals surface area (Å²) in [5.41, 5.74) is 1.16. The van der Waals surface area contributed by atoms with Crippen molar-refractivity contribution in [2.45, 2.75) is 12.6 Å². The zero-order valence-electron chi connectivity index (χ0n) is 12.2. The van der Waals surface area contributed by atoms with Crippen LogP contribution in [0.3, 0.4) is 0 Å². The second-order valence-electron chi connectivity index (χ2n) is 5.04. The van der Waals surface area contributed by atoms with Gasteiger partial charge in [-0.25, -0.2) is 0 Å². The Bertz CT molecular complexity index is 971. The maximum atomic E-state index is 12.5. The largest absolute Gasteiger partial charge is 0.493 e. The number of aromatic amines is 2. The van der Waals surface area contributed by atoms with Crippen molar-refractivity contribution in [3.63, 3.8) is 0 Å². The fourth-order valence-corrected chi connectivity index (χ4v) is 2.53. The van der Waals surface area contributed by atoms with E-state index in [1.165, 1.54) is 16.7 Å². The molecule has 0 saturated carbocycles. The lowest BCUT2D eigenvalue weighted by Gasteiger charge is -2.10. The van der Waals surface area contributed by atoms with E-state index in [-0.39, 0.29) is 16.1 Å². The second-order valence-corrected chi connectivity index (χ2v) is 5.43. The van der Waals surface area contributed by atoms with Crippen LogP contribution in [0.4, 0.5) is 13.2 Å². The van der Waals surface area contributed by atoms with Gasteiger partial charge in [0.25, 0.3) is 5.56 Å². The van der Waals surface area contributed by atoms with Crippen LogP contribution in [0.15, 0.2) is 41.3 Å². The highest BCUT2D eigenvalue weighted by molar-refractivity contribution is 7.71. The molecule has 0 saturated heterocycles. The van der Waals surface area contributed by atoms with E-state index in [0.717, 1.165) is 0 Å². The summed E-state index contributed by atoms with van der Waals surface area (Å²) in [5, 5.41) is 0. The molecule has 0 unspecified atom stereocenters. The number of nitrogens with zero attached hydrogens (tertiary/aromatic N) is 1. The Kier molecular flexibility index (Phi) is 4.18. The van der Waals surface area contributed by atoms with Crippen molar-refractivity contribution >= 4 is 23.3 Å². The van der Waals surface area contributed by atoms with Gasteiger partial charge in [-0.3, -0.25) is 9.36 Å². The summed E-state index contributed by atoms with van der Waals surface area (Å²) in [6.45, 7) is -0.461. The monoisotopic (exact) mass is 355 g/mol. The minimum Gasteiger partial charge on any atom is -0.493 e. The second kappa shape index (κ2) is 6.16. The van der Waals surface area contributed by atoms with Crippen LogP contribution in [0.25, 0.3) is 16.7 Å². The Labute approximate surface area is 138 Å². The fraction of sp³-hybridized carbons (Fsp3) is 0.200. The lowest BCUT2D eigenvalue weighted by Crippen LogP contribution is -2.20. The first-order chi connectivity index (χ1) is 11.3. The van der Waals surface area contributed by atoms with Crippen LogP contribution in [-0.2, 0) is 0 Å². The summed E-state index contributed by atoms with van der Waals surface area (Å²) in [4.78, 5) is 18.2. The minimum absolute atomic E-state index is 0.220. The number of aromatic nitrogens is 3. The molecule has 3 aromatic rings. The van der Waals surface area contributed by atoms with Crippen molar-refractivity contribution in [1.82, 2.24) is 14.5 Å². The number of H-pyrrole nitrogens is 2. The summed E-state index contributed by atoms with van der Waals surface area (Å²) < 4.78 is 42.9. The molecule has 0 aliphatic heterocycles. The summed E-state index contributed by atoms with van der Waals surface area (Å²) in [5.74, 6) is 0.284. The van der Waals surface area contributed by atoms with E-state index in [1.807, 2.05) is 0 Å². The fourth-order valence-electron chi connectivity index (χ4n) is 2.24. The van der Waals surface area contributed by atoms with E-state index in [0.29, 0.717) is 16.7 Å². The minimum atomic E-state index is -4.26. The molecule has 0 atom stereocenters. The standard InChI is InChI=1S/C15H12F3N3O2S/c16-15(17,18)6-8-23-10-3-1-9(2-4-10)21-13(22)12-11(5-7-19-12)20-14(21)24/h1-5,7,19H,6,8H2,(H,20,24). The van der Waals surface area contributed by atoms with Crippen LogP contribution in [0.1, 0.15) is 6.42 Å². The number of fused-ring (bicyclic) bond motifs is 1. The molecular formula is C15H12F3N3O2S. The number of rotatable bonds is 4. The number of ether oxygens (including phenoxy) is 1. The molecule has 1 aromatic carbocycles. The molecule has 0 aliphatic rings. The van der Waals surface area contributed by atoms with Crippen LogP contribution in [0.2, 0.25) is 0 Å². The van der Waals surface area contributed by atoms with E-state index < -0.39 is 19.2 Å². The summed E-state index contributed by atoms with van der Waals surface area (Å²) in [6.07, 6.45) is -3.66. The Morgan fingerprint density at radius 3 is 2.54 bits per heavy atom. The van der Waals surface area contributed by atoms with E-state index in [2.05, 4.69) is 9.97 Å². The average Bonchev–Trinajstić information content (AvgIpc) is 2.96. The molecule has 3 rings (SSSR count). The lowest BCUT2D eigenvalue weighted by atomic mass is 10.3. The lowest BCUT2D eigenvalue weighted by molar-refractivity contribution is -0.139. The predicted octanol–water partition coefficient (Wildman–Crippen LogP) is 3.71. The van der Waals surface area contributed by atoms with E-state index in [1.54, 1.807) is 24.4 Å². The zero-order chi connectivity index (χ0) is 17.3. The van der Waals surface area contributed by atoms with Crippen molar-refractivity contribution in [2.24, 2.45) is 0 Å². The molecule has 2 aromatic heterocycles. The highest BCUT2D eigenvalue weighted by Crippen LogP contribution is 2.21. The van der Waals surface area contributed by atoms with Crippen molar-refractivity contribution < 1.29 is 17.9 Å². The van der Waals surface area contributed by atoms with Gasteiger partial charge in [-0.05, 0) is 42.5 Å². The summed E-state index contributed by atoms with van der Waals surface area (Å²) in [6, 6.07) is 7.80. The maximum absolute atomic E-state index is 12.5. The smallest absolute Gasteiger partial charge is 0.392 e. The Balaban J connectivity index is 1.86. The third kappa shape index (κ3) is 3.35. The van der Waals surface area contributed by atoms with Gasteiger partial charge in [-0.2, -0.15) is 13.2 Å². The first-order valence-electron chi connectivity index (χ1n) is 6.97. The Morgan fingerprint density at radius 2 is 1.88 bits per heavy atom. The van der Waals surface area contributed by atoms with Crippen LogP contribution >= 0.6 is 12.2 Å². The maximum Gasteiger partial charge on any atom is 0.392 e. The topological polar surface area (TPSA) is 62.8 Å². The van der Waals surface area contributed by atoms with Gasteiger partial charge in [0.1, 0.15) is 11.3 Å². The number of alkyl halides is 3. The van der Waals surface area contributed by atoms with Crippen molar-refractivity contribution in [3.8, 4) is 11.4 Å². The Morgan fingerprint density at radius 1 is 1.17 bits per heavy atom. The molecule has 0 aliphatic carbocycles. The number of hydrogen-bond donors (Lipinski definition) is 2. The van der Waals surface area contributed by atoms with Crippen molar-refractivity contribution in [2.75, 3.05) is 6.61 Å². The normalized spacial score (nSPS) is 11.8. The molecule has 9 heteroatoms. The first kappa shape index (κ1) is 16.3. The van der Waals surface area contributed by atoms with Crippen molar-refractivity contribution in [3.05, 3.63) is 51.7 Å². The quantitative estimate of drug-likeness (QED) is 0.702. The van der Waals surface area contributed by atoms with Crippen LogP contribution < -0.4 is 10.3 Å². The van der Waals surface area contributed by atoms with Gasteiger partial charge in [-0.15, -0.1) is 0 Å². The molecule has 126 valence electrons. The molecule has 0 bridgehead atoms. The molecule has 24 heavy (non-hydrogen) atoms. The highest BCUT2D eigenvalue weighted by atomic mass is 32.1. The van der Waals surface area contributed by atoms with Crippen LogP contribution in [0.5, 0.6) is 5.75 Å². The van der Waals surface area contributed by atoms with E-state index >= 15 is 0 Å². The van der Waals surface area contributed by atoms with E-state index in [9.17, 15) is 18.0 Å². The average molecular weight is 355 g/mol. The molecule has 0 radical (unpaired) electrons. The molecule has 0 fully saturated rings. The van der Waals surface area contributed by atoms with Gasteiger partial charge in [0.05, 0.1) is 24.2 Å². The molecule has 2 N–H and O–H groups in total. The summed E-state index contributed by atoms with van der Waals surface area (Å²) in [7, 11) is 0. The van der Waals surface area contributed by atoms with Gasteiger partial charge < -0.3 is 14.7 Å². The third-order valence-corrected chi connectivity index (χ3v) is 3.64. The number of hydrogen-bond acceptors (Lipinski definition) is 3. The number of nitrogens with one attached hydrogen (secondary N) is 2. The highest BCUT2D eigenvalue weighted by Gasteiger charge is 2.26. The first-order valence-corrected chi connectivity index (χ1v) is 7.38. The molecule has 0 amide bonds. The van der Waals surface area contributed by atoms with Gasteiger partial charge in [0.2, 0.25) is 0 Å². The predicted molar refractivity (Wildman–Crippen MR) is 85.2 cm³/mol. The van der Waals surface area contributed by atoms with Gasteiger partial charge in [0, 0.05) is 6.20 Å². The molecule has 0 spiro atoms. The zero-order valence-corrected chi connectivity index (χ0v) is 13.0. The van der Waals surface area contributed by atoms with E-state index in [4.69, 9.17) is 17.0 Å². The molecule has 2 heterocycles. The molecule has 5 nitrogen and oxygen atoms in total. The van der Waals surface area contributed by atoms with Gasteiger partial charge >= 0.3 is 6.18 Å². The third-order valence-electron chi connectivity index (χ3n) is 3.36. The van der Waals surface area contributed by atoms with Gasteiger partial charge in [0.15, 0.2) is 4.77 Å². The number of benzene rings is 1.